The van der Waals surface area contributed by atoms with Crippen LogP contribution < -0.4 is 5.32 Å². The van der Waals surface area contributed by atoms with Crippen LogP contribution >= 0.6 is 0 Å². The molecule has 1 saturated carbocycles. The van der Waals surface area contributed by atoms with Crippen molar-refractivity contribution in [1.82, 2.24) is 5.32 Å². The van der Waals surface area contributed by atoms with Gasteiger partial charge in [-0.05, 0) is 64.0 Å². The molecule has 21 heavy (non-hydrogen) atoms. The van der Waals surface area contributed by atoms with E-state index in [0.29, 0.717) is 6.61 Å². The van der Waals surface area contributed by atoms with Crippen LogP contribution in [-0.2, 0) is 14.3 Å². The molecule has 1 aliphatic heterocycles. The highest BCUT2D eigenvalue weighted by molar-refractivity contribution is 5.78. The maximum absolute atomic E-state index is 11.8. The van der Waals surface area contributed by atoms with Crippen molar-refractivity contribution < 1.29 is 14.3 Å². The molecule has 2 aliphatic rings. The lowest BCUT2D eigenvalue weighted by Gasteiger charge is -2.46. The second-order valence-electron chi connectivity index (χ2n) is 7.24. The molecule has 2 rings (SSSR count). The van der Waals surface area contributed by atoms with E-state index in [0.717, 1.165) is 31.8 Å². The van der Waals surface area contributed by atoms with Gasteiger partial charge < -0.3 is 14.8 Å². The van der Waals surface area contributed by atoms with Crippen molar-refractivity contribution >= 4 is 5.97 Å². The van der Waals surface area contributed by atoms with Crippen LogP contribution in [-0.4, -0.2) is 38.4 Å². The zero-order valence-electron chi connectivity index (χ0n) is 13.9. The molecule has 4 heteroatoms. The Morgan fingerprint density at radius 1 is 1.19 bits per heavy atom. The molecule has 0 bridgehead atoms. The minimum absolute atomic E-state index is 0.247. The van der Waals surface area contributed by atoms with E-state index in [2.05, 4.69) is 5.32 Å². The summed E-state index contributed by atoms with van der Waals surface area (Å²) in [4.78, 5) is 11.8. The van der Waals surface area contributed by atoms with Crippen molar-refractivity contribution in [3.05, 3.63) is 0 Å². The summed E-state index contributed by atoms with van der Waals surface area (Å²) in [5, 5.41) is 3.46. The van der Waals surface area contributed by atoms with Crippen molar-refractivity contribution in [2.24, 2.45) is 11.3 Å². The van der Waals surface area contributed by atoms with Crippen molar-refractivity contribution in [3.8, 4) is 0 Å². The average molecular weight is 297 g/mol. The zero-order valence-corrected chi connectivity index (χ0v) is 13.9. The second-order valence-corrected chi connectivity index (χ2v) is 7.24. The standard InChI is InChI=1S/C17H31NO3/c1-16(2,15(19)20-3)21-13-17(9-11-18-12-10-17)14-7-5-4-6-8-14/h14,18H,4-13H2,1-3H3. The van der Waals surface area contributed by atoms with E-state index in [1.54, 1.807) is 0 Å². The molecule has 0 aromatic rings. The topological polar surface area (TPSA) is 47.6 Å². The van der Waals surface area contributed by atoms with Gasteiger partial charge in [0.2, 0.25) is 0 Å². The first-order chi connectivity index (χ1) is 10.0. The maximum Gasteiger partial charge on any atom is 0.337 e. The molecule has 1 N–H and O–H groups in total. The van der Waals surface area contributed by atoms with E-state index in [9.17, 15) is 4.79 Å². The molecule has 0 radical (unpaired) electrons. The van der Waals surface area contributed by atoms with E-state index < -0.39 is 5.60 Å². The Balaban J connectivity index is 2.04. The fourth-order valence-electron chi connectivity index (χ4n) is 3.94. The largest absolute Gasteiger partial charge is 0.467 e. The van der Waals surface area contributed by atoms with Crippen LogP contribution in [0.3, 0.4) is 0 Å². The number of carbonyl (C=O) groups is 1. The first-order valence-corrected chi connectivity index (χ1v) is 8.43. The molecule has 0 unspecified atom stereocenters. The first-order valence-electron chi connectivity index (χ1n) is 8.43. The van der Waals surface area contributed by atoms with Gasteiger partial charge in [-0.15, -0.1) is 0 Å². The van der Waals surface area contributed by atoms with Crippen molar-refractivity contribution in [1.29, 1.82) is 0 Å². The predicted molar refractivity (Wildman–Crippen MR) is 83.2 cm³/mol. The van der Waals surface area contributed by atoms with Gasteiger partial charge in [-0.3, -0.25) is 0 Å². The smallest absolute Gasteiger partial charge is 0.337 e. The summed E-state index contributed by atoms with van der Waals surface area (Å²) in [7, 11) is 1.43. The van der Waals surface area contributed by atoms with Crippen LogP contribution in [0.2, 0.25) is 0 Å². The van der Waals surface area contributed by atoms with Crippen LogP contribution in [0.1, 0.15) is 58.8 Å². The molecule has 0 aromatic heterocycles. The highest BCUT2D eigenvalue weighted by atomic mass is 16.6. The summed E-state index contributed by atoms with van der Waals surface area (Å²) in [6, 6.07) is 0. The van der Waals surface area contributed by atoms with Crippen molar-refractivity contribution in [2.75, 3.05) is 26.8 Å². The van der Waals surface area contributed by atoms with E-state index in [-0.39, 0.29) is 11.4 Å². The molecule has 122 valence electrons. The zero-order chi connectivity index (χ0) is 15.3. The number of rotatable bonds is 5. The average Bonchev–Trinajstić information content (AvgIpc) is 2.54. The molecular formula is C17H31NO3. The molecule has 4 nitrogen and oxygen atoms in total. The quantitative estimate of drug-likeness (QED) is 0.793. The van der Waals surface area contributed by atoms with Gasteiger partial charge in [0.25, 0.3) is 0 Å². The Bertz CT molecular complexity index is 342. The van der Waals surface area contributed by atoms with E-state index in [1.165, 1.54) is 39.2 Å². The fourth-order valence-corrected chi connectivity index (χ4v) is 3.94. The lowest BCUT2D eigenvalue weighted by molar-refractivity contribution is -0.172. The molecule has 0 atom stereocenters. The molecule has 0 amide bonds. The molecule has 1 saturated heterocycles. The first kappa shape index (κ1) is 16.8. The van der Waals surface area contributed by atoms with Gasteiger partial charge in [0, 0.05) is 0 Å². The Morgan fingerprint density at radius 3 is 2.38 bits per heavy atom. The van der Waals surface area contributed by atoms with Gasteiger partial charge in [0.15, 0.2) is 5.60 Å². The van der Waals surface area contributed by atoms with Crippen molar-refractivity contribution in [3.63, 3.8) is 0 Å². The number of methoxy groups -OCH3 is 1. The Kier molecular flexibility index (Phi) is 5.67. The SMILES string of the molecule is COC(=O)C(C)(C)OCC1(C2CCCCC2)CCNCC1. The van der Waals surface area contributed by atoms with Crippen LogP contribution in [0.15, 0.2) is 0 Å². The Hall–Kier alpha value is -0.610. The summed E-state index contributed by atoms with van der Waals surface area (Å²) in [5.74, 6) is 0.469. The third-order valence-corrected chi connectivity index (χ3v) is 5.47. The maximum atomic E-state index is 11.8. The number of esters is 1. The monoisotopic (exact) mass is 297 g/mol. The van der Waals surface area contributed by atoms with Crippen LogP contribution in [0.4, 0.5) is 0 Å². The molecular weight excluding hydrogens is 266 g/mol. The minimum Gasteiger partial charge on any atom is -0.467 e. The molecule has 0 aromatic carbocycles. The number of carbonyl (C=O) groups excluding carboxylic acids is 1. The number of nitrogens with one attached hydrogen (secondary N) is 1. The molecule has 1 heterocycles. The van der Waals surface area contributed by atoms with Gasteiger partial charge in [0.1, 0.15) is 0 Å². The highest BCUT2D eigenvalue weighted by Gasteiger charge is 2.42. The number of hydrogen-bond donors (Lipinski definition) is 1. The van der Waals surface area contributed by atoms with Gasteiger partial charge in [-0.2, -0.15) is 0 Å². The van der Waals surface area contributed by atoms with Gasteiger partial charge in [0.05, 0.1) is 13.7 Å². The number of ether oxygens (including phenoxy) is 2. The summed E-state index contributed by atoms with van der Waals surface area (Å²) in [6.45, 7) is 6.45. The second kappa shape index (κ2) is 7.10. The van der Waals surface area contributed by atoms with Crippen molar-refractivity contribution in [2.45, 2.75) is 64.4 Å². The highest BCUT2D eigenvalue weighted by Crippen LogP contribution is 2.45. The number of piperidine rings is 1. The van der Waals surface area contributed by atoms with Crippen LogP contribution in [0.5, 0.6) is 0 Å². The Labute approximate surface area is 129 Å². The Morgan fingerprint density at radius 2 is 1.81 bits per heavy atom. The third-order valence-electron chi connectivity index (χ3n) is 5.47. The lowest BCUT2D eigenvalue weighted by Crippen LogP contribution is -2.48. The minimum atomic E-state index is -0.846. The summed E-state index contributed by atoms with van der Waals surface area (Å²) < 4.78 is 10.9. The molecule has 0 spiro atoms. The predicted octanol–water partition coefficient (Wildman–Crippen LogP) is 2.90. The van der Waals surface area contributed by atoms with Gasteiger partial charge >= 0.3 is 5.97 Å². The number of hydrogen-bond acceptors (Lipinski definition) is 4. The summed E-state index contributed by atoms with van der Waals surface area (Å²) >= 11 is 0. The molecule has 2 fully saturated rings. The van der Waals surface area contributed by atoms with Gasteiger partial charge in [-0.25, -0.2) is 4.79 Å². The summed E-state index contributed by atoms with van der Waals surface area (Å²) in [6.07, 6.45) is 9.04. The summed E-state index contributed by atoms with van der Waals surface area (Å²) in [5.41, 5.74) is -0.599. The lowest BCUT2D eigenvalue weighted by atomic mass is 9.64. The molecule has 1 aliphatic carbocycles. The van der Waals surface area contributed by atoms with E-state index in [1.807, 2.05) is 13.8 Å². The fraction of sp³-hybridized carbons (Fsp3) is 0.941. The normalized spacial score (nSPS) is 23.8. The van der Waals surface area contributed by atoms with Gasteiger partial charge in [-0.1, -0.05) is 19.3 Å². The van der Waals surface area contributed by atoms with Crippen LogP contribution in [0, 0.1) is 11.3 Å². The van der Waals surface area contributed by atoms with E-state index >= 15 is 0 Å². The van der Waals surface area contributed by atoms with Crippen LogP contribution in [0.25, 0.3) is 0 Å². The van der Waals surface area contributed by atoms with E-state index in [4.69, 9.17) is 9.47 Å². The third kappa shape index (κ3) is 3.98.